The minimum absolute atomic E-state index is 0.0817. The van der Waals surface area contributed by atoms with Gasteiger partial charge in [-0.1, -0.05) is 0 Å². The third-order valence-electron chi connectivity index (χ3n) is 3.35. The molecule has 0 radical (unpaired) electrons. The number of nitrogens with one attached hydrogen (secondary N) is 1. The van der Waals surface area contributed by atoms with Gasteiger partial charge in [0, 0.05) is 12.1 Å². The molecule has 2 heterocycles. The Morgan fingerprint density at radius 3 is 3.00 bits per heavy atom. The van der Waals surface area contributed by atoms with Crippen LogP contribution in [0, 0.1) is 6.92 Å². The molecule has 0 atom stereocenters. The second kappa shape index (κ2) is 6.25. The van der Waals surface area contributed by atoms with E-state index in [0.717, 1.165) is 21.7 Å². The van der Waals surface area contributed by atoms with E-state index < -0.39 is 0 Å². The Morgan fingerprint density at radius 2 is 2.27 bits per heavy atom. The van der Waals surface area contributed by atoms with Crippen LogP contribution in [0.25, 0.3) is 10.2 Å². The van der Waals surface area contributed by atoms with Crippen molar-refractivity contribution in [1.82, 2.24) is 19.9 Å². The van der Waals surface area contributed by atoms with E-state index in [9.17, 15) is 9.90 Å². The van der Waals surface area contributed by atoms with Crippen LogP contribution in [-0.4, -0.2) is 44.0 Å². The minimum Gasteiger partial charge on any atom is -0.395 e. The minimum atomic E-state index is -0.114. The lowest BCUT2D eigenvalue weighted by atomic mass is 10.2. The van der Waals surface area contributed by atoms with E-state index in [-0.39, 0.29) is 19.1 Å². The Kier molecular flexibility index (Phi) is 4.17. The number of hydrogen-bond donors (Lipinski definition) is 2. The number of carbonyl (C=O) groups excluding carboxylic acids is 1. The Hall–Kier alpha value is -2.25. The second-order valence-electron chi connectivity index (χ2n) is 4.98. The summed E-state index contributed by atoms with van der Waals surface area (Å²) >= 11 is 1.50. The van der Waals surface area contributed by atoms with Gasteiger partial charge in [-0.25, -0.2) is 9.97 Å². The molecule has 0 saturated heterocycles. The van der Waals surface area contributed by atoms with E-state index in [4.69, 9.17) is 0 Å². The summed E-state index contributed by atoms with van der Waals surface area (Å²) in [5, 5.41) is 9.23. The average molecular weight is 316 g/mol. The number of aliphatic hydroxyl groups excluding tert-OH is 1. The van der Waals surface area contributed by atoms with Crippen LogP contribution in [-0.2, 0) is 6.54 Å². The first-order valence-corrected chi connectivity index (χ1v) is 7.79. The fourth-order valence-corrected chi connectivity index (χ4v) is 3.02. The van der Waals surface area contributed by atoms with Gasteiger partial charge < -0.3 is 15.0 Å². The van der Waals surface area contributed by atoms with E-state index in [1.807, 2.05) is 19.1 Å². The Labute approximate surface area is 131 Å². The van der Waals surface area contributed by atoms with Crippen molar-refractivity contribution in [3.63, 3.8) is 0 Å². The van der Waals surface area contributed by atoms with Gasteiger partial charge >= 0.3 is 0 Å². The number of aliphatic hydroxyl groups is 1. The van der Waals surface area contributed by atoms with Crippen LogP contribution < -0.4 is 0 Å². The van der Waals surface area contributed by atoms with Gasteiger partial charge in [0.2, 0.25) is 0 Å². The summed E-state index contributed by atoms with van der Waals surface area (Å²) in [7, 11) is 0. The molecule has 0 bridgehead atoms. The molecule has 6 nitrogen and oxygen atoms in total. The Balaban J connectivity index is 1.84. The smallest absolute Gasteiger partial charge is 0.254 e. The van der Waals surface area contributed by atoms with Gasteiger partial charge in [-0.05, 0) is 25.1 Å². The van der Waals surface area contributed by atoms with Crippen molar-refractivity contribution in [2.45, 2.75) is 13.5 Å². The van der Waals surface area contributed by atoms with Gasteiger partial charge in [0.15, 0.2) is 0 Å². The molecule has 7 heteroatoms. The lowest BCUT2D eigenvalue weighted by Gasteiger charge is -2.21. The number of thiazole rings is 1. The maximum Gasteiger partial charge on any atom is 0.254 e. The zero-order chi connectivity index (χ0) is 15.5. The second-order valence-corrected chi connectivity index (χ2v) is 5.87. The number of aryl methyl sites for hydroxylation is 1. The number of fused-ring (bicyclic) bond motifs is 1. The molecule has 0 aliphatic heterocycles. The molecule has 1 amide bonds. The summed E-state index contributed by atoms with van der Waals surface area (Å²) in [6, 6.07) is 5.46. The SMILES string of the molecule is Cc1ncc(CN(CCO)C(=O)c2ccc3ncsc3c2)[nH]1. The summed E-state index contributed by atoms with van der Waals surface area (Å²) in [5.74, 6) is 0.689. The number of carbonyl (C=O) groups is 1. The molecule has 0 aliphatic carbocycles. The molecular formula is C15H16N4O2S. The monoisotopic (exact) mass is 316 g/mol. The van der Waals surface area contributed by atoms with E-state index >= 15 is 0 Å². The van der Waals surface area contributed by atoms with Gasteiger partial charge in [0.05, 0.1) is 40.8 Å². The zero-order valence-corrected chi connectivity index (χ0v) is 12.9. The molecule has 0 spiro atoms. The number of rotatable bonds is 5. The van der Waals surface area contributed by atoms with Crippen molar-refractivity contribution in [1.29, 1.82) is 0 Å². The number of imidazole rings is 1. The first-order valence-electron chi connectivity index (χ1n) is 6.91. The maximum absolute atomic E-state index is 12.7. The first-order chi connectivity index (χ1) is 10.7. The maximum atomic E-state index is 12.7. The highest BCUT2D eigenvalue weighted by Crippen LogP contribution is 2.20. The average Bonchev–Trinajstić information content (AvgIpc) is 3.14. The number of amides is 1. The van der Waals surface area contributed by atoms with E-state index in [1.165, 1.54) is 11.3 Å². The molecule has 22 heavy (non-hydrogen) atoms. The summed E-state index contributed by atoms with van der Waals surface area (Å²) in [6.07, 6.45) is 1.71. The molecule has 1 aromatic carbocycles. The predicted octanol–water partition coefficient (Wildman–Crippen LogP) is 1.96. The number of aromatic nitrogens is 3. The third-order valence-corrected chi connectivity index (χ3v) is 4.14. The van der Waals surface area contributed by atoms with E-state index in [2.05, 4.69) is 15.0 Å². The number of H-pyrrole nitrogens is 1. The largest absolute Gasteiger partial charge is 0.395 e. The van der Waals surface area contributed by atoms with Crippen LogP contribution in [0.1, 0.15) is 21.9 Å². The van der Waals surface area contributed by atoms with Gasteiger partial charge in [-0.15, -0.1) is 11.3 Å². The van der Waals surface area contributed by atoms with Gasteiger partial charge in [-0.2, -0.15) is 0 Å². The van der Waals surface area contributed by atoms with E-state index in [1.54, 1.807) is 22.7 Å². The highest BCUT2D eigenvalue weighted by Gasteiger charge is 2.17. The summed E-state index contributed by atoms with van der Waals surface area (Å²) in [4.78, 5) is 25.7. The molecule has 0 saturated carbocycles. The number of hydrogen-bond acceptors (Lipinski definition) is 5. The quantitative estimate of drug-likeness (QED) is 0.754. The first kappa shape index (κ1) is 14.7. The normalized spacial score (nSPS) is 11.0. The van der Waals surface area contributed by atoms with Crippen molar-refractivity contribution in [3.05, 3.63) is 47.0 Å². The summed E-state index contributed by atoms with van der Waals surface area (Å²) in [6.45, 7) is 2.44. The zero-order valence-electron chi connectivity index (χ0n) is 12.1. The number of aromatic amines is 1. The predicted molar refractivity (Wildman–Crippen MR) is 84.8 cm³/mol. The highest BCUT2D eigenvalue weighted by molar-refractivity contribution is 7.16. The van der Waals surface area contributed by atoms with E-state index in [0.29, 0.717) is 12.1 Å². The molecule has 0 fully saturated rings. The third kappa shape index (κ3) is 3.00. The molecule has 0 unspecified atom stereocenters. The summed E-state index contributed by atoms with van der Waals surface area (Å²) in [5.41, 5.74) is 4.09. The number of nitrogens with zero attached hydrogens (tertiary/aromatic N) is 3. The van der Waals surface area contributed by atoms with Crippen LogP contribution in [0.4, 0.5) is 0 Å². The molecule has 2 N–H and O–H groups in total. The Morgan fingerprint density at radius 1 is 1.41 bits per heavy atom. The molecular weight excluding hydrogens is 300 g/mol. The molecule has 114 valence electrons. The lowest BCUT2D eigenvalue weighted by Crippen LogP contribution is -2.33. The summed E-state index contributed by atoms with van der Waals surface area (Å²) < 4.78 is 0.979. The van der Waals surface area contributed by atoms with Crippen molar-refractivity contribution in [2.24, 2.45) is 0 Å². The van der Waals surface area contributed by atoms with Crippen LogP contribution in [0.5, 0.6) is 0 Å². The van der Waals surface area contributed by atoms with Crippen LogP contribution in [0.15, 0.2) is 29.9 Å². The van der Waals surface area contributed by atoms with Crippen molar-refractivity contribution in [2.75, 3.05) is 13.2 Å². The molecule has 2 aromatic heterocycles. The Bertz CT molecular complexity index is 796. The van der Waals surface area contributed by atoms with Gasteiger partial charge in [0.25, 0.3) is 5.91 Å². The fourth-order valence-electron chi connectivity index (χ4n) is 2.30. The fraction of sp³-hybridized carbons (Fsp3) is 0.267. The lowest BCUT2D eigenvalue weighted by molar-refractivity contribution is 0.0706. The van der Waals surface area contributed by atoms with Crippen molar-refractivity contribution < 1.29 is 9.90 Å². The van der Waals surface area contributed by atoms with Crippen molar-refractivity contribution >= 4 is 27.5 Å². The van der Waals surface area contributed by atoms with Crippen LogP contribution in [0.3, 0.4) is 0 Å². The standard InChI is InChI=1S/C15H16N4O2S/c1-10-16-7-12(18-10)8-19(4-5-20)15(21)11-2-3-13-14(6-11)22-9-17-13/h2-3,6-7,9,20H,4-5,8H2,1H3,(H,16,18). The molecule has 3 aromatic rings. The van der Waals surface area contributed by atoms with Crippen LogP contribution in [0.2, 0.25) is 0 Å². The van der Waals surface area contributed by atoms with Gasteiger partial charge in [-0.3, -0.25) is 4.79 Å². The number of benzene rings is 1. The van der Waals surface area contributed by atoms with Crippen LogP contribution >= 0.6 is 11.3 Å². The molecule has 3 rings (SSSR count). The highest BCUT2D eigenvalue weighted by atomic mass is 32.1. The molecule has 0 aliphatic rings. The van der Waals surface area contributed by atoms with Gasteiger partial charge in [0.1, 0.15) is 5.82 Å². The van der Waals surface area contributed by atoms with Crippen molar-refractivity contribution in [3.8, 4) is 0 Å². The topological polar surface area (TPSA) is 82.1 Å².